The van der Waals surface area contributed by atoms with Gasteiger partial charge in [-0.25, -0.2) is 9.97 Å². The SMILES string of the molecule is C[Si]1(C)c2ccccc2-c2nc(-c3ccc4c(c3)c3ccccc3n4-c3ccc(-c4ccccc4)cc3)nc(-c3ccccc3)c21. The molecule has 0 fully saturated rings. The maximum atomic E-state index is 5.37. The molecule has 3 nitrogen and oxygen atoms in total. The molecule has 9 rings (SSSR count). The standard InChI is InChI=1S/C42H31N3Si/c1-46(2)38-20-12-10-18-34(38)40-41(46)39(30-15-7-4-8-16-30)43-42(44-40)31-23-26-37-35(27-31)33-17-9-11-19-36(33)45(37)32-24-21-29(22-25-32)28-13-5-3-6-14-28/h3-27H,1-2H3. The minimum Gasteiger partial charge on any atom is -0.309 e. The van der Waals surface area contributed by atoms with Gasteiger partial charge in [0.2, 0.25) is 0 Å². The predicted octanol–water partition coefficient (Wildman–Crippen LogP) is 9.38. The van der Waals surface area contributed by atoms with E-state index < -0.39 is 8.07 Å². The fraction of sp³-hybridized carbons (Fsp3) is 0.0476. The lowest BCUT2D eigenvalue weighted by Gasteiger charge is -2.21. The van der Waals surface area contributed by atoms with Crippen molar-refractivity contribution in [2.75, 3.05) is 0 Å². The van der Waals surface area contributed by atoms with Crippen molar-refractivity contribution >= 4 is 40.3 Å². The molecule has 3 heterocycles. The summed E-state index contributed by atoms with van der Waals surface area (Å²) in [5.74, 6) is 0.769. The molecule has 0 atom stereocenters. The van der Waals surface area contributed by atoms with E-state index in [2.05, 4.69) is 169 Å². The molecule has 218 valence electrons. The van der Waals surface area contributed by atoms with Gasteiger partial charge in [-0.1, -0.05) is 128 Å². The van der Waals surface area contributed by atoms with Gasteiger partial charge >= 0.3 is 0 Å². The van der Waals surface area contributed by atoms with Crippen molar-refractivity contribution in [2.45, 2.75) is 13.1 Å². The van der Waals surface area contributed by atoms with Crippen molar-refractivity contribution in [1.82, 2.24) is 14.5 Å². The van der Waals surface area contributed by atoms with Crippen molar-refractivity contribution < 1.29 is 0 Å². The maximum absolute atomic E-state index is 5.37. The fourth-order valence-corrected chi connectivity index (χ4v) is 10.6. The average Bonchev–Trinajstić information content (AvgIpc) is 3.57. The molecule has 1 aliphatic heterocycles. The van der Waals surface area contributed by atoms with Crippen LogP contribution in [-0.4, -0.2) is 22.6 Å². The van der Waals surface area contributed by atoms with Crippen LogP contribution >= 0.6 is 0 Å². The first-order chi connectivity index (χ1) is 22.6. The smallest absolute Gasteiger partial charge is 0.160 e. The molecule has 0 saturated carbocycles. The van der Waals surface area contributed by atoms with Gasteiger partial charge in [-0.05, 0) is 63.5 Å². The van der Waals surface area contributed by atoms with E-state index in [9.17, 15) is 0 Å². The second kappa shape index (κ2) is 10.2. The van der Waals surface area contributed by atoms with Crippen LogP contribution in [0.2, 0.25) is 13.1 Å². The monoisotopic (exact) mass is 605 g/mol. The molecule has 0 radical (unpaired) electrons. The van der Waals surface area contributed by atoms with Gasteiger partial charge in [0.25, 0.3) is 0 Å². The van der Waals surface area contributed by atoms with Crippen LogP contribution < -0.4 is 10.4 Å². The van der Waals surface area contributed by atoms with E-state index in [-0.39, 0.29) is 0 Å². The normalized spacial score (nSPS) is 13.2. The van der Waals surface area contributed by atoms with Crippen LogP contribution in [0.4, 0.5) is 0 Å². The average molecular weight is 606 g/mol. The number of para-hydroxylation sites is 1. The second-order valence-electron chi connectivity index (χ2n) is 12.7. The van der Waals surface area contributed by atoms with Crippen LogP contribution in [-0.2, 0) is 0 Å². The second-order valence-corrected chi connectivity index (χ2v) is 16.9. The minimum absolute atomic E-state index is 0.769. The van der Waals surface area contributed by atoms with Crippen molar-refractivity contribution in [3.8, 4) is 50.7 Å². The van der Waals surface area contributed by atoms with E-state index in [1.165, 1.54) is 48.9 Å². The zero-order valence-corrected chi connectivity index (χ0v) is 26.8. The summed E-state index contributed by atoms with van der Waals surface area (Å²) in [5.41, 5.74) is 11.5. The van der Waals surface area contributed by atoms with Gasteiger partial charge in [-0.2, -0.15) is 0 Å². The van der Waals surface area contributed by atoms with Crippen LogP contribution in [0, 0.1) is 0 Å². The van der Waals surface area contributed by atoms with Crippen LogP contribution in [0.3, 0.4) is 0 Å². The molecular weight excluding hydrogens is 575 g/mol. The molecular formula is C42H31N3Si. The van der Waals surface area contributed by atoms with Crippen LogP contribution in [0.1, 0.15) is 0 Å². The highest BCUT2D eigenvalue weighted by molar-refractivity contribution is 7.04. The molecule has 0 aliphatic carbocycles. The first kappa shape index (κ1) is 26.8. The van der Waals surface area contributed by atoms with Crippen LogP contribution in [0.5, 0.6) is 0 Å². The lowest BCUT2D eigenvalue weighted by atomic mass is 10.1. The largest absolute Gasteiger partial charge is 0.309 e. The van der Waals surface area contributed by atoms with E-state index in [0.29, 0.717) is 0 Å². The number of hydrogen-bond acceptors (Lipinski definition) is 2. The molecule has 0 N–H and O–H groups in total. The Morgan fingerprint density at radius 2 is 1.07 bits per heavy atom. The molecule has 1 aliphatic rings. The summed E-state index contributed by atoms with van der Waals surface area (Å²) in [7, 11) is -2.00. The quantitative estimate of drug-likeness (QED) is 0.187. The third-order valence-corrected chi connectivity index (χ3v) is 13.1. The van der Waals surface area contributed by atoms with Gasteiger partial charge in [0.05, 0.1) is 22.4 Å². The summed E-state index contributed by atoms with van der Waals surface area (Å²) in [4.78, 5) is 10.7. The zero-order valence-electron chi connectivity index (χ0n) is 25.8. The molecule has 0 bridgehead atoms. The van der Waals surface area contributed by atoms with Crippen molar-refractivity contribution in [2.24, 2.45) is 0 Å². The van der Waals surface area contributed by atoms with Gasteiger partial charge in [-0.3, -0.25) is 0 Å². The number of aromatic nitrogens is 3. The lowest BCUT2D eigenvalue weighted by molar-refractivity contribution is 1.18. The number of fused-ring (bicyclic) bond motifs is 6. The van der Waals surface area contributed by atoms with Gasteiger partial charge < -0.3 is 4.57 Å². The number of hydrogen-bond donors (Lipinski definition) is 0. The summed E-state index contributed by atoms with van der Waals surface area (Å²) in [5, 5.41) is 5.18. The number of nitrogens with zero attached hydrogens (tertiary/aromatic N) is 3. The van der Waals surface area contributed by atoms with Gasteiger partial charge in [-0.15, -0.1) is 0 Å². The van der Waals surface area contributed by atoms with E-state index in [0.717, 1.165) is 34.0 Å². The maximum Gasteiger partial charge on any atom is 0.160 e. The Balaban J connectivity index is 1.24. The molecule has 4 heteroatoms. The summed E-state index contributed by atoms with van der Waals surface area (Å²) in [6.45, 7) is 4.86. The van der Waals surface area contributed by atoms with Gasteiger partial charge in [0, 0.05) is 27.6 Å². The Morgan fingerprint density at radius 1 is 0.478 bits per heavy atom. The molecule has 0 unspecified atom stereocenters. The van der Waals surface area contributed by atoms with E-state index in [1.807, 2.05) is 0 Å². The van der Waals surface area contributed by atoms with Crippen LogP contribution in [0.25, 0.3) is 72.5 Å². The van der Waals surface area contributed by atoms with E-state index in [1.54, 1.807) is 0 Å². The van der Waals surface area contributed by atoms with Crippen molar-refractivity contribution in [1.29, 1.82) is 0 Å². The lowest BCUT2D eigenvalue weighted by Crippen LogP contribution is -2.50. The zero-order chi connectivity index (χ0) is 30.8. The number of benzene rings is 6. The van der Waals surface area contributed by atoms with Crippen LogP contribution in [0.15, 0.2) is 152 Å². The van der Waals surface area contributed by atoms with Crippen molar-refractivity contribution in [3.63, 3.8) is 0 Å². The highest BCUT2D eigenvalue weighted by Gasteiger charge is 2.41. The predicted molar refractivity (Wildman–Crippen MR) is 195 cm³/mol. The summed E-state index contributed by atoms with van der Waals surface area (Å²) >= 11 is 0. The molecule has 0 saturated heterocycles. The Hall–Kier alpha value is -5.58. The highest BCUT2D eigenvalue weighted by Crippen LogP contribution is 2.37. The third-order valence-electron chi connectivity index (χ3n) is 9.60. The minimum atomic E-state index is -2.00. The summed E-state index contributed by atoms with van der Waals surface area (Å²) < 4.78 is 2.37. The summed E-state index contributed by atoms with van der Waals surface area (Å²) in [6.07, 6.45) is 0. The first-order valence-corrected chi connectivity index (χ1v) is 18.9. The molecule has 8 aromatic rings. The van der Waals surface area contributed by atoms with Crippen molar-refractivity contribution in [3.05, 3.63) is 152 Å². The first-order valence-electron chi connectivity index (χ1n) is 15.9. The Morgan fingerprint density at radius 3 is 1.85 bits per heavy atom. The van der Waals surface area contributed by atoms with E-state index in [4.69, 9.17) is 9.97 Å². The Kier molecular flexibility index (Phi) is 5.96. The van der Waals surface area contributed by atoms with Gasteiger partial charge in [0.1, 0.15) is 8.07 Å². The fourth-order valence-electron chi connectivity index (χ4n) is 7.37. The third kappa shape index (κ3) is 4.04. The molecule has 0 spiro atoms. The highest BCUT2D eigenvalue weighted by atomic mass is 28.3. The Bertz CT molecular complexity index is 2430. The summed E-state index contributed by atoms with van der Waals surface area (Å²) in [6, 6.07) is 54.3. The Labute approximate surface area is 269 Å². The molecule has 46 heavy (non-hydrogen) atoms. The topological polar surface area (TPSA) is 30.7 Å². The molecule has 0 amide bonds. The molecule has 2 aromatic heterocycles. The van der Waals surface area contributed by atoms with Gasteiger partial charge in [0.15, 0.2) is 5.82 Å². The molecule has 6 aromatic carbocycles. The van der Waals surface area contributed by atoms with E-state index >= 15 is 0 Å². The number of rotatable bonds is 4.